The Kier molecular flexibility index (Phi) is 9.56. The van der Waals surface area contributed by atoms with Gasteiger partial charge in [0.25, 0.3) is 0 Å². The summed E-state index contributed by atoms with van der Waals surface area (Å²) in [4.78, 5) is 10.0. The summed E-state index contributed by atoms with van der Waals surface area (Å²) in [6.07, 6.45) is 5.98. The largest absolute Gasteiger partial charge is 0.385 e. The van der Waals surface area contributed by atoms with Gasteiger partial charge in [-0.25, -0.2) is 0 Å². The molecule has 0 aromatic rings. The van der Waals surface area contributed by atoms with Crippen molar-refractivity contribution in [1.29, 1.82) is 0 Å². The monoisotopic (exact) mass is 232 g/mol. The quantitative estimate of drug-likeness (QED) is 0.319. The number of unbranched alkanes of at least 4 members (excludes halogenated alkanes) is 1. The van der Waals surface area contributed by atoms with Crippen LogP contribution < -0.4 is 0 Å². The molecule has 0 saturated heterocycles. The molecule has 0 rings (SSSR count). The summed E-state index contributed by atoms with van der Waals surface area (Å²) < 4.78 is 0. The standard InChI is InChI=1S/C14H16O3/c1-2-3-4-5-7-10-13(16)14(17)11-8-6-9-12-15/h2-3,8,11-14,16-17H,6,9H2,1H3/b3-2+,11-8+/t13-,14+/m1/s1. The van der Waals surface area contributed by atoms with Gasteiger partial charge in [0.05, 0.1) is 0 Å². The maximum absolute atomic E-state index is 10.0. The van der Waals surface area contributed by atoms with Gasteiger partial charge in [-0.15, -0.1) is 0 Å². The highest BCUT2D eigenvalue weighted by Crippen LogP contribution is 1.96. The van der Waals surface area contributed by atoms with Crippen LogP contribution in [0.4, 0.5) is 0 Å². The molecule has 2 atom stereocenters. The van der Waals surface area contributed by atoms with Crippen molar-refractivity contribution in [2.45, 2.75) is 32.0 Å². The highest BCUT2D eigenvalue weighted by atomic mass is 16.3. The summed E-state index contributed by atoms with van der Waals surface area (Å²) in [5, 5.41) is 18.8. The first kappa shape index (κ1) is 15.2. The van der Waals surface area contributed by atoms with Gasteiger partial charge in [0.2, 0.25) is 0 Å². The Morgan fingerprint density at radius 1 is 1.24 bits per heavy atom. The number of carbonyl (C=O) groups is 1. The first-order chi connectivity index (χ1) is 8.22. The molecule has 0 aliphatic carbocycles. The van der Waals surface area contributed by atoms with Crippen LogP contribution in [0.15, 0.2) is 24.3 Å². The third-order valence-electron chi connectivity index (χ3n) is 1.71. The first-order valence-corrected chi connectivity index (χ1v) is 5.31. The van der Waals surface area contributed by atoms with Crippen molar-refractivity contribution >= 4 is 6.29 Å². The van der Waals surface area contributed by atoms with Crippen LogP contribution >= 0.6 is 0 Å². The smallest absolute Gasteiger partial charge is 0.145 e. The molecule has 0 radical (unpaired) electrons. The number of carbonyl (C=O) groups excluding carboxylic acids is 1. The van der Waals surface area contributed by atoms with E-state index in [2.05, 4.69) is 23.7 Å². The molecule has 3 heteroatoms. The van der Waals surface area contributed by atoms with E-state index in [0.29, 0.717) is 12.8 Å². The Labute approximate surface area is 102 Å². The minimum absolute atomic E-state index is 0.403. The van der Waals surface area contributed by atoms with Crippen LogP contribution in [0.2, 0.25) is 0 Å². The fourth-order valence-electron chi connectivity index (χ4n) is 0.862. The highest BCUT2D eigenvalue weighted by Gasteiger charge is 2.08. The zero-order valence-corrected chi connectivity index (χ0v) is 9.76. The van der Waals surface area contributed by atoms with Crippen LogP contribution in [-0.2, 0) is 4.79 Å². The molecule has 0 aromatic heterocycles. The summed E-state index contributed by atoms with van der Waals surface area (Å²) in [5.74, 6) is 9.99. The van der Waals surface area contributed by atoms with Crippen molar-refractivity contribution in [3.63, 3.8) is 0 Å². The third kappa shape index (κ3) is 9.14. The van der Waals surface area contributed by atoms with E-state index in [1.54, 1.807) is 18.2 Å². The summed E-state index contributed by atoms with van der Waals surface area (Å²) >= 11 is 0. The molecule has 3 nitrogen and oxygen atoms in total. The lowest BCUT2D eigenvalue weighted by Gasteiger charge is -2.06. The number of allylic oxidation sites excluding steroid dienone is 3. The van der Waals surface area contributed by atoms with Crippen molar-refractivity contribution in [3.05, 3.63) is 24.3 Å². The predicted molar refractivity (Wildman–Crippen MR) is 66.8 cm³/mol. The molecular weight excluding hydrogens is 216 g/mol. The Balaban J connectivity index is 4.13. The molecule has 0 spiro atoms. The lowest BCUT2D eigenvalue weighted by molar-refractivity contribution is -0.107. The molecule has 2 N–H and O–H groups in total. The Hall–Kier alpha value is -1.81. The van der Waals surface area contributed by atoms with Gasteiger partial charge in [-0.3, -0.25) is 0 Å². The van der Waals surface area contributed by atoms with Crippen LogP contribution in [0.5, 0.6) is 0 Å². The third-order valence-corrected chi connectivity index (χ3v) is 1.71. The van der Waals surface area contributed by atoms with E-state index < -0.39 is 12.2 Å². The zero-order valence-electron chi connectivity index (χ0n) is 9.76. The lowest BCUT2D eigenvalue weighted by Crippen LogP contribution is -2.21. The van der Waals surface area contributed by atoms with Gasteiger partial charge in [-0.1, -0.05) is 30.1 Å². The van der Waals surface area contributed by atoms with E-state index >= 15 is 0 Å². The molecule has 0 unspecified atom stereocenters. The molecule has 0 aromatic carbocycles. The van der Waals surface area contributed by atoms with Gasteiger partial charge in [0.1, 0.15) is 18.5 Å². The molecular formula is C14H16O3. The van der Waals surface area contributed by atoms with Crippen LogP contribution in [0, 0.1) is 23.7 Å². The predicted octanol–water partition coefficient (Wildman–Crippen LogP) is 0.826. The fourth-order valence-corrected chi connectivity index (χ4v) is 0.862. The van der Waals surface area contributed by atoms with Gasteiger partial charge >= 0.3 is 0 Å². The minimum Gasteiger partial charge on any atom is -0.385 e. The normalized spacial score (nSPS) is 13.6. The number of aldehydes is 1. The van der Waals surface area contributed by atoms with Crippen molar-refractivity contribution in [2.24, 2.45) is 0 Å². The van der Waals surface area contributed by atoms with E-state index in [-0.39, 0.29) is 0 Å². The second kappa shape index (κ2) is 10.7. The summed E-state index contributed by atoms with van der Waals surface area (Å²) in [5.41, 5.74) is 0. The lowest BCUT2D eigenvalue weighted by atomic mass is 10.2. The van der Waals surface area contributed by atoms with Crippen molar-refractivity contribution < 1.29 is 15.0 Å². The van der Waals surface area contributed by atoms with Crippen LogP contribution in [0.25, 0.3) is 0 Å². The Morgan fingerprint density at radius 3 is 2.65 bits per heavy atom. The van der Waals surface area contributed by atoms with Crippen molar-refractivity contribution in [1.82, 2.24) is 0 Å². The van der Waals surface area contributed by atoms with Crippen LogP contribution in [-0.4, -0.2) is 28.7 Å². The topological polar surface area (TPSA) is 57.5 Å². The van der Waals surface area contributed by atoms with E-state index in [1.807, 2.05) is 6.92 Å². The van der Waals surface area contributed by atoms with Gasteiger partial charge in [-0.05, 0) is 31.3 Å². The molecule has 0 fully saturated rings. The maximum atomic E-state index is 10.0. The van der Waals surface area contributed by atoms with Gasteiger partial charge in [0, 0.05) is 6.42 Å². The van der Waals surface area contributed by atoms with E-state index in [9.17, 15) is 15.0 Å². The average Bonchev–Trinajstić information content (AvgIpc) is 2.34. The molecule has 0 amide bonds. The Bertz CT molecular complexity index is 385. The van der Waals surface area contributed by atoms with Crippen LogP contribution in [0.1, 0.15) is 19.8 Å². The number of hydrogen-bond acceptors (Lipinski definition) is 3. The Morgan fingerprint density at radius 2 is 2.00 bits per heavy atom. The van der Waals surface area contributed by atoms with Crippen molar-refractivity contribution in [2.75, 3.05) is 0 Å². The second-order valence-corrected chi connectivity index (χ2v) is 3.15. The van der Waals surface area contributed by atoms with Gasteiger partial charge in [0.15, 0.2) is 0 Å². The minimum atomic E-state index is -1.16. The number of aliphatic hydroxyl groups excluding tert-OH is 2. The van der Waals surface area contributed by atoms with E-state index in [1.165, 1.54) is 6.08 Å². The van der Waals surface area contributed by atoms with Gasteiger partial charge in [-0.2, -0.15) is 0 Å². The molecule has 0 heterocycles. The highest BCUT2D eigenvalue weighted by molar-refractivity contribution is 5.49. The van der Waals surface area contributed by atoms with Crippen LogP contribution in [0.3, 0.4) is 0 Å². The fraction of sp³-hybridized carbons (Fsp3) is 0.357. The number of hydrogen-bond donors (Lipinski definition) is 2. The second-order valence-electron chi connectivity index (χ2n) is 3.15. The molecule has 0 aliphatic rings. The zero-order chi connectivity index (χ0) is 12.9. The molecule has 17 heavy (non-hydrogen) atoms. The van der Waals surface area contributed by atoms with Gasteiger partial charge < -0.3 is 15.0 Å². The molecule has 0 bridgehead atoms. The number of aliphatic hydroxyl groups is 2. The van der Waals surface area contributed by atoms with Crippen molar-refractivity contribution in [3.8, 4) is 23.7 Å². The molecule has 0 aliphatic heterocycles. The van der Waals surface area contributed by atoms with E-state index in [0.717, 1.165) is 6.29 Å². The van der Waals surface area contributed by atoms with E-state index in [4.69, 9.17) is 0 Å². The molecule has 0 saturated carbocycles. The SMILES string of the molecule is C/C=C/C#CC#C[C@@H](O)[C@@H](O)/C=C/CCC=O. The molecule has 90 valence electrons. The summed E-state index contributed by atoms with van der Waals surface area (Å²) in [6.45, 7) is 1.84. The first-order valence-electron chi connectivity index (χ1n) is 5.31. The summed E-state index contributed by atoms with van der Waals surface area (Å²) in [6, 6.07) is 0. The average molecular weight is 232 g/mol. The maximum Gasteiger partial charge on any atom is 0.145 e. The number of rotatable bonds is 5. The summed E-state index contributed by atoms with van der Waals surface area (Å²) in [7, 11) is 0.